The Balaban J connectivity index is 1.96. The molecule has 4 rings (SSSR count). The Labute approximate surface area is 172 Å². The van der Waals surface area contributed by atoms with E-state index in [4.69, 9.17) is 10.5 Å². The third kappa shape index (κ3) is 3.15. The van der Waals surface area contributed by atoms with Crippen LogP contribution in [0.3, 0.4) is 0 Å². The van der Waals surface area contributed by atoms with Crippen LogP contribution in [0.5, 0.6) is 0 Å². The van der Waals surface area contributed by atoms with E-state index in [0.29, 0.717) is 5.82 Å². The van der Waals surface area contributed by atoms with Crippen molar-refractivity contribution in [2.75, 3.05) is 12.3 Å². The van der Waals surface area contributed by atoms with Crippen LogP contribution >= 0.6 is 11.3 Å². The summed E-state index contributed by atoms with van der Waals surface area (Å²) in [5.41, 5.74) is 11.0. The lowest BCUT2D eigenvalue weighted by atomic mass is 9.99. The number of aromatic nitrogens is 4. The minimum atomic E-state index is -0.502. The number of esters is 1. The summed E-state index contributed by atoms with van der Waals surface area (Å²) in [6, 6.07) is 6.37. The molecule has 0 atom stereocenters. The molecule has 0 aliphatic carbocycles. The molecule has 2 N–H and O–H groups in total. The summed E-state index contributed by atoms with van der Waals surface area (Å²) in [7, 11) is 0. The Bertz CT molecular complexity index is 1240. The van der Waals surface area contributed by atoms with Crippen LogP contribution in [0.25, 0.3) is 27.2 Å². The number of benzene rings is 1. The molecule has 8 heteroatoms. The number of nitrogens with two attached hydrogens (primary N) is 1. The van der Waals surface area contributed by atoms with E-state index in [9.17, 15) is 4.79 Å². The fourth-order valence-corrected chi connectivity index (χ4v) is 4.33. The molecule has 0 fully saturated rings. The van der Waals surface area contributed by atoms with Gasteiger partial charge in [-0.25, -0.2) is 14.8 Å². The van der Waals surface area contributed by atoms with E-state index < -0.39 is 5.97 Å². The highest BCUT2D eigenvalue weighted by molar-refractivity contribution is 7.19. The summed E-state index contributed by atoms with van der Waals surface area (Å²) in [5, 5.41) is 5.18. The predicted octanol–water partition coefficient (Wildman–Crippen LogP) is 4.23. The topological polar surface area (TPSA) is 95.9 Å². The molecule has 3 heterocycles. The van der Waals surface area contributed by atoms with Gasteiger partial charge in [-0.05, 0) is 44.4 Å². The van der Waals surface area contributed by atoms with E-state index in [1.165, 1.54) is 28.3 Å². The second-order valence-electron chi connectivity index (χ2n) is 6.79. The maximum Gasteiger partial charge on any atom is 0.343 e. The summed E-state index contributed by atoms with van der Waals surface area (Å²) < 4.78 is 6.54. The van der Waals surface area contributed by atoms with Gasteiger partial charge in [-0.1, -0.05) is 18.2 Å². The Kier molecular flexibility index (Phi) is 4.79. The van der Waals surface area contributed by atoms with Crippen LogP contribution < -0.4 is 5.73 Å². The largest absolute Gasteiger partial charge is 0.462 e. The highest BCUT2D eigenvalue weighted by atomic mass is 32.1. The lowest BCUT2D eigenvalue weighted by Gasteiger charge is -2.10. The summed E-state index contributed by atoms with van der Waals surface area (Å²) in [6.45, 7) is 8.26. The Morgan fingerprint density at radius 3 is 2.72 bits per heavy atom. The highest BCUT2D eigenvalue weighted by Crippen LogP contribution is 2.40. The minimum absolute atomic E-state index is 0.193. The monoisotopic (exact) mass is 407 g/mol. The number of ether oxygens (including phenoxy) is 1. The third-order valence-corrected chi connectivity index (χ3v) is 5.96. The first kappa shape index (κ1) is 19.1. The van der Waals surface area contributed by atoms with Gasteiger partial charge in [0, 0.05) is 10.4 Å². The van der Waals surface area contributed by atoms with Crippen molar-refractivity contribution in [2.24, 2.45) is 0 Å². The molecule has 0 radical (unpaired) electrons. The molecule has 0 spiro atoms. The molecule has 7 nitrogen and oxygen atoms in total. The fourth-order valence-electron chi connectivity index (χ4n) is 3.33. The zero-order valence-corrected chi connectivity index (χ0v) is 17.5. The van der Waals surface area contributed by atoms with Crippen LogP contribution in [0, 0.1) is 20.8 Å². The quantitative estimate of drug-likeness (QED) is 0.509. The lowest BCUT2D eigenvalue weighted by Crippen LogP contribution is -2.10. The van der Waals surface area contributed by atoms with Crippen LogP contribution in [0.4, 0.5) is 5.82 Å². The lowest BCUT2D eigenvalue weighted by molar-refractivity contribution is 0.0527. The molecule has 0 amide bonds. The van der Waals surface area contributed by atoms with Crippen molar-refractivity contribution in [3.8, 4) is 16.9 Å². The van der Waals surface area contributed by atoms with Gasteiger partial charge < -0.3 is 10.5 Å². The number of nitrogen functional groups attached to an aromatic ring is 1. The first-order valence-corrected chi connectivity index (χ1v) is 10.1. The molecule has 0 bridgehead atoms. The zero-order chi connectivity index (χ0) is 20.7. The van der Waals surface area contributed by atoms with Gasteiger partial charge in [0.25, 0.3) is 0 Å². The number of anilines is 1. The van der Waals surface area contributed by atoms with Crippen molar-refractivity contribution in [3.63, 3.8) is 0 Å². The SMILES string of the molecule is CCOC(=O)c1cnn(-c2ncnc3sc(C)c(-c4ccc(C)c(C)c4)c23)c1N. The van der Waals surface area contributed by atoms with E-state index in [0.717, 1.165) is 26.2 Å². The molecule has 0 saturated carbocycles. The Hall–Kier alpha value is -3.26. The number of hydrogen-bond acceptors (Lipinski definition) is 7. The fraction of sp³-hybridized carbons (Fsp3) is 0.238. The minimum Gasteiger partial charge on any atom is -0.462 e. The molecule has 1 aromatic carbocycles. The Morgan fingerprint density at radius 1 is 1.21 bits per heavy atom. The maximum atomic E-state index is 12.1. The van der Waals surface area contributed by atoms with Crippen molar-refractivity contribution in [3.05, 3.63) is 52.3 Å². The molecule has 0 saturated heterocycles. The first-order chi connectivity index (χ1) is 13.9. The van der Waals surface area contributed by atoms with Crippen LogP contribution in [0.1, 0.15) is 33.3 Å². The second kappa shape index (κ2) is 7.29. The summed E-state index contributed by atoms with van der Waals surface area (Å²) in [4.78, 5) is 23.0. The number of carbonyl (C=O) groups is 1. The number of nitrogens with zero attached hydrogens (tertiary/aromatic N) is 4. The molecule has 0 unspecified atom stereocenters. The smallest absolute Gasteiger partial charge is 0.343 e. The third-order valence-electron chi connectivity index (χ3n) is 4.94. The summed E-state index contributed by atoms with van der Waals surface area (Å²) in [5.74, 6) is 0.233. The van der Waals surface area contributed by atoms with Crippen molar-refractivity contribution in [1.29, 1.82) is 0 Å². The van der Waals surface area contributed by atoms with Crippen molar-refractivity contribution in [1.82, 2.24) is 19.7 Å². The van der Waals surface area contributed by atoms with E-state index in [2.05, 4.69) is 54.0 Å². The van der Waals surface area contributed by atoms with Gasteiger partial charge in [0.05, 0.1) is 18.2 Å². The molecular weight excluding hydrogens is 386 g/mol. The van der Waals surface area contributed by atoms with Crippen LogP contribution in [0.15, 0.2) is 30.7 Å². The highest BCUT2D eigenvalue weighted by Gasteiger charge is 2.23. The summed E-state index contributed by atoms with van der Waals surface area (Å²) >= 11 is 1.59. The van der Waals surface area contributed by atoms with Crippen molar-refractivity contribution < 1.29 is 9.53 Å². The number of rotatable bonds is 4. The van der Waals surface area contributed by atoms with Crippen LogP contribution in [-0.2, 0) is 4.74 Å². The van der Waals surface area contributed by atoms with Gasteiger partial charge in [0.2, 0.25) is 0 Å². The molecule has 148 valence electrons. The molecule has 3 aromatic heterocycles. The van der Waals surface area contributed by atoms with Gasteiger partial charge in [-0.15, -0.1) is 11.3 Å². The maximum absolute atomic E-state index is 12.1. The van der Waals surface area contributed by atoms with Gasteiger partial charge in [-0.2, -0.15) is 9.78 Å². The normalized spacial score (nSPS) is 11.2. The number of thiophene rings is 1. The van der Waals surface area contributed by atoms with E-state index in [1.807, 2.05) is 0 Å². The standard InChI is InChI=1S/C21H21N5O2S/c1-5-28-21(27)15-9-25-26(18(15)22)19-17-16(13(4)29-20(17)24-10-23-19)14-7-6-11(2)12(3)8-14/h6-10H,5,22H2,1-4H3. The van der Waals surface area contributed by atoms with Gasteiger partial charge >= 0.3 is 5.97 Å². The summed E-state index contributed by atoms with van der Waals surface area (Å²) in [6.07, 6.45) is 2.90. The molecule has 4 aromatic rings. The van der Waals surface area contributed by atoms with Crippen LogP contribution in [0.2, 0.25) is 0 Å². The molecular formula is C21H21N5O2S. The number of carbonyl (C=O) groups excluding carboxylic acids is 1. The van der Waals surface area contributed by atoms with Crippen molar-refractivity contribution in [2.45, 2.75) is 27.7 Å². The Morgan fingerprint density at radius 2 is 2.00 bits per heavy atom. The van der Waals surface area contributed by atoms with E-state index in [1.54, 1.807) is 18.3 Å². The molecule has 29 heavy (non-hydrogen) atoms. The average Bonchev–Trinajstić information content (AvgIpc) is 3.23. The molecule has 0 aliphatic rings. The van der Waals surface area contributed by atoms with Crippen molar-refractivity contribution >= 4 is 33.3 Å². The van der Waals surface area contributed by atoms with Gasteiger partial charge in [-0.3, -0.25) is 0 Å². The van der Waals surface area contributed by atoms with Crippen LogP contribution in [-0.4, -0.2) is 32.3 Å². The van der Waals surface area contributed by atoms with Gasteiger partial charge in [0.1, 0.15) is 22.5 Å². The predicted molar refractivity (Wildman–Crippen MR) is 115 cm³/mol. The average molecular weight is 407 g/mol. The first-order valence-electron chi connectivity index (χ1n) is 9.25. The number of fused-ring (bicyclic) bond motifs is 1. The van der Waals surface area contributed by atoms with E-state index >= 15 is 0 Å². The zero-order valence-electron chi connectivity index (χ0n) is 16.7. The van der Waals surface area contributed by atoms with E-state index in [-0.39, 0.29) is 18.0 Å². The molecule has 0 aliphatic heterocycles. The second-order valence-corrected chi connectivity index (χ2v) is 7.99. The van der Waals surface area contributed by atoms with Gasteiger partial charge in [0.15, 0.2) is 5.82 Å². The number of hydrogen-bond donors (Lipinski definition) is 1. The number of aryl methyl sites for hydroxylation is 3.